The molecule has 5 atom stereocenters. The number of hydrogen-bond acceptors (Lipinski definition) is 7. The van der Waals surface area contributed by atoms with Crippen LogP contribution in [0.25, 0.3) is 0 Å². The lowest BCUT2D eigenvalue weighted by molar-refractivity contribution is -0.217. The van der Waals surface area contributed by atoms with E-state index in [9.17, 15) is 10.2 Å². The molecule has 7 rings (SSSR count). The van der Waals surface area contributed by atoms with Gasteiger partial charge in [-0.3, -0.25) is 4.90 Å². The monoisotopic (exact) mass is 504 g/mol. The number of phenols is 1. The minimum atomic E-state index is -0.874. The molecule has 36 heavy (non-hydrogen) atoms. The molecule has 2 aliphatic heterocycles. The first-order valence-corrected chi connectivity index (χ1v) is 13.7. The first-order valence-electron chi connectivity index (χ1n) is 13.2. The number of likely N-dealkylation sites (tertiary alicyclic amines) is 1. The highest BCUT2D eigenvalue weighted by atomic mass is 32.1. The van der Waals surface area contributed by atoms with Crippen molar-refractivity contribution in [2.45, 2.75) is 80.9 Å². The fraction of sp³-hybridized carbons (Fsp3) is 0.552. The van der Waals surface area contributed by atoms with Crippen molar-refractivity contribution in [3.8, 4) is 11.5 Å². The lowest BCUT2D eigenvalue weighted by Gasteiger charge is -2.64. The van der Waals surface area contributed by atoms with Gasteiger partial charge in [-0.1, -0.05) is 30.3 Å². The lowest BCUT2D eigenvalue weighted by atomic mass is 9.48. The van der Waals surface area contributed by atoms with Crippen LogP contribution in [0.1, 0.15) is 54.4 Å². The number of benzene rings is 2. The van der Waals surface area contributed by atoms with Gasteiger partial charge in [0, 0.05) is 18.2 Å². The van der Waals surface area contributed by atoms with Gasteiger partial charge in [0.2, 0.25) is 0 Å². The Morgan fingerprint density at radius 3 is 2.69 bits per heavy atom. The van der Waals surface area contributed by atoms with Gasteiger partial charge in [0.25, 0.3) is 0 Å². The van der Waals surface area contributed by atoms with Gasteiger partial charge in [-0.2, -0.15) is 0 Å². The molecule has 0 unspecified atom stereocenters. The van der Waals surface area contributed by atoms with E-state index in [1.807, 2.05) is 12.1 Å². The van der Waals surface area contributed by atoms with Crippen molar-refractivity contribution in [1.29, 1.82) is 0 Å². The minimum absolute atomic E-state index is 0.0875. The third-order valence-corrected chi connectivity index (χ3v) is 9.65. The van der Waals surface area contributed by atoms with Gasteiger partial charge < -0.3 is 19.7 Å². The Kier molecular flexibility index (Phi) is 5.32. The Hall–Kier alpha value is -2.28. The number of isothiocyanates is 1. The maximum Gasteiger partial charge on any atom is 0.165 e. The molecular weight excluding hydrogens is 472 g/mol. The van der Waals surface area contributed by atoms with E-state index in [-0.39, 0.29) is 24.0 Å². The Morgan fingerprint density at radius 1 is 1.11 bits per heavy atom. The summed E-state index contributed by atoms with van der Waals surface area (Å²) < 4.78 is 13.1. The van der Waals surface area contributed by atoms with Crippen molar-refractivity contribution in [3.63, 3.8) is 0 Å². The molecule has 2 bridgehead atoms. The number of rotatable bonds is 7. The minimum Gasteiger partial charge on any atom is -0.504 e. The standard InChI is InChI=1S/C29H32N2O4S/c32-22-8-7-21-13-24-29(33)10-9-23(34-16-20-5-1-18(2-6-20)14-30-17-36)27-28(29,25(21)26(22)35-27)11-12-31(24)15-19-3-4-19/h1-2,5-8,19,23-24,27,32-33H,3-4,9-16H2/t23-,24-,27+,28+,29-/m1/s1. The van der Waals surface area contributed by atoms with Crippen molar-refractivity contribution in [1.82, 2.24) is 4.90 Å². The van der Waals surface area contributed by atoms with Crippen molar-refractivity contribution in [2.75, 3.05) is 13.1 Å². The number of thiocarbonyl (C=S) groups is 1. The van der Waals surface area contributed by atoms with Crippen LogP contribution < -0.4 is 4.74 Å². The van der Waals surface area contributed by atoms with Crippen LogP contribution in [0.15, 0.2) is 41.4 Å². The molecule has 2 heterocycles. The van der Waals surface area contributed by atoms with Gasteiger partial charge in [-0.15, -0.1) is 0 Å². The average Bonchev–Trinajstić information content (AvgIpc) is 3.63. The number of hydrogen-bond donors (Lipinski definition) is 2. The van der Waals surface area contributed by atoms with E-state index in [0.717, 1.165) is 55.0 Å². The van der Waals surface area contributed by atoms with Gasteiger partial charge in [0.1, 0.15) is 6.10 Å². The number of aliphatic imine (C=N–C) groups is 1. The summed E-state index contributed by atoms with van der Waals surface area (Å²) in [7, 11) is 0. The van der Waals surface area contributed by atoms with Crippen LogP contribution in [0.5, 0.6) is 11.5 Å². The summed E-state index contributed by atoms with van der Waals surface area (Å²) in [5, 5.41) is 25.7. The Balaban J connectivity index is 1.19. The summed E-state index contributed by atoms with van der Waals surface area (Å²) in [4.78, 5) is 6.56. The molecule has 2 aromatic rings. The smallest absolute Gasteiger partial charge is 0.165 e. The third-order valence-electron chi connectivity index (χ3n) is 9.52. The highest BCUT2D eigenvalue weighted by Gasteiger charge is 2.73. The van der Waals surface area contributed by atoms with Crippen molar-refractivity contribution in [2.24, 2.45) is 10.9 Å². The predicted molar refractivity (Wildman–Crippen MR) is 139 cm³/mol. The van der Waals surface area contributed by atoms with Crippen LogP contribution >= 0.6 is 12.2 Å². The Morgan fingerprint density at radius 2 is 1.92 bits per heavy atom. The molecule has 2 aromatic carbocycles. The second-order valence-electron chi connectivity index (χ2n) is 11.4. The molecule has 0 aromatic heterocycles. The quantitative estimate of drug-likeness (QED) is 0.436. The molecule has 1 spiro atoms. The predicted octanol–water partition coefficient (Wildman–Crippen LogP) is 4.14. The second kappa shape index (κ2) is 8.37. The van der Waals surface area contributed by atoms with E-state index in [0.29, 0.717) is 25.3 Å². The molecule has 188 valence electrons. The molecule has 6 nitrogen and oxygen atoms in total. The zero-order valence-electron chi connectivity index (χ0n) is 20.4. The summed E-state index contributed by atoms with van der Waals surface area (Å²) in [5.41, 5.74) is 3.03. The molecular formula is C29H32N2O4S. The highest BCUT2D eigenvalue weighted by molar-refractivity contribution is 7.78. The Bertz CT molecular complexity index is 1240. The van der Waals surface area contributed by atoms with Gasteiger partial charge in [-0.05, 0) is 86.0 Å². The summed E-state index contributed by atoms with van der Waals surface area (Å²) in [6, 6.07) is 12.1. The first kappa shape index (κ1) is 22.9. The number of aromatic hydroxyl groups is 1. The molecule has 3 aliphatic carbocycles. The molecule has 2 N–H and O–H groups in total. The summed E-state index contributed by atoms with van der Waals surface area (Å²) in [6.07, 6.45) is 5.23. The van der Waals surface area contributed by atoms with E-state index in [4.69, 9.17) is 9.47 Å². The number of phenolic OH excluding ortho intramolecular Hbond substituents is 1. The fourth-order valence-corrected chi connectivity index (χ4v) is 7.74. The topological polar surface area (TPSA) is 74.5 Å². The molecule has 5 aliphatic rings. The maximum absolute atomic E-state index is 12.5. The fourth-order valence-electron chi connectivity index (χ4n) is 7.67. The average molecular weight is 505 g/mol. The molecule has 2 saturated carbocycles. The van der Waals surface area contributed by atoms with E-state index in [2.05, 4.69) is 45.5 Å². The summed E-state index contributed by atoms with van der Waals surface area (Å²) in [6.45, 7) is 3.05. The van der Waals surface area contributed by atoms with Gasteiger partial charge in [0.15, 0.2) is 11.5 Å². The largest absolute Gasteiger partial charge is 0.504 e. The molecule has 1 saturated heterocycles. The SMILES string of the molecule is Oc1ccc2c3c1O[C@H]1[C@H](OCc4ccc(CN=C=S)cc4)CC[C@@]4(O)[C@@H](C2)N(CC2CC2)CC[C@]314. The summed E-state index contributed by atoms with van der Waals surface area (Å²) in [5.74, 6) is 1.53. The van der Waals surface area contributed by atoms with E-state index < -0.39 is 11.0 Å². The van der Waals surface area contributed by atoms with Crippen LogP contribution in [0, 0.1) is 5.92 Å². The molecule has 3 fully saturated rings. The number of aliphatic hydroxyl groups is 1. The van der Waals surface area contributed by atoms with Crippen molar-refractivity contribution in [3.05, 3.63) is 58.7 Å². The lowest BCUT2D eigenvalue weighted by Crippen LogP contribution is -2.77. The molecule has 7 heteroatoms. The van der Waals surface area contributed by atoms with Crippen LogP contribution in [-0.4, -0.2) is 57.2 Å². The third kappa shape index (κ3) is 3.27. The van der Waals surface area contributed by atoms with E-state index >= 15 is 0 Å². The highest BCUT2D eigenvalue weighted by Crippen LogP contribution is 2.65. The number of piperidine rings is 1. The van der Waals surface area contributed by atoms with Gasteiger partial charge in [-0.25, -0.2) is 4.99 Å². The number of ether oxygens (including phenoxy) is 2. The normalized spacial score (nSPS) is 34.0. The maximum atomic E-state index is 12.5. The van der Waals surface area contributed by atoms with Crippen LogP contribution in [0.3, 0.4) is 0 Å². The van der Waals surface area contributed by atoms with E-state index in [1.165, 1.54) is 18.4 Å². The summed E-state index contributed by atoms with van der Waals surface area (Å²) >= 11 is 4.66. The Labute approximate surface area is 216 Å². The van der Waals surface area contributed by atoms with Gasteiger partial charge >= 0.3 is 0 Å². The zero-order chi connectivity index (χ0) is 24.5. The molecule has 0 amide bonds. The van der Waals surface area contributed by atoms with Gasteiger partial charge in [0.05, 0.1) is 35.4 Å². The van der Waals surface area contributed by atoms with Crippen LogP contribution in [0.4, 0.5) is 0 Å². The van der Waals surface area contributed by atoms with Crippen LogP contribution in [0.2, 0.25) is 0 Å². The zero-order valence-corrected chi connectivity index (χ0v) is 21.2. The first-order chi connectivity index (χ1) is 17.5. The second-order valence-corrected chi connectivity index (χ2v) is 11.6. The molecule has 0 radical (unpaired) electrons. The number of nitrogens with zero attached hydrogens (tertiary/aromatic N) is 2. The van der Waals surface area contributed by atoms with E-state index in [1.54, 1.807) is 6.07 Å². The van der Waals surface area contributed by atoms with Crippen LogP contribution in [-0.2, 0) is 29.7 Å². The van der Waals surface area contributed by atoms with Crippen molar-refractivity contribution < 1.29 is 19.7 Å². The van der Waals surface area contributed by atoms with Crippen molar-refractivity contribution >= 4 is 17.4 Å².